The van der Waals surface area contributed by atoms with E-state index in [1.54, 1.807) is 42.8 Å². The van der Waals surface area contributed by atoms with E-state index < -0.39 is 10.0 Å². The van der Waals surface area contributed by atoms with Gasteiger partial charge in [0.05, 0.1) is 19.1 Å². The lowest BCUT2D eigenvalue weighted by molar-refractivity contribution is -0.116. The Morgan fingerprint density at radius 1 is 1.10 bits per heavy atom. The minimum Gasteiger partial charge on any atom is -0.493 e. The van der Waals surface area contributed by atoms with Crippen LogP contribution in [0.1, 0.15) is 31.7 Å². The molecule has 0 saturated carbocycles. The van der Waals surface area contributed by atoms with Crippen molar-refractivity contribution in [3.63, 3.8) is 0 Å². The maximum absolute atomic E-state index is 12.8. The molecule has 0 spiro atoms. The third-order valence-electron chi connectivity index (χ3n) is 5.48. The number of carbonyl (C=O) groups excluding carboxylic acids is 1. The molecule has 2 aromatic rings. The van der Waals surface area contributed by atoms with Crippen molar-refractivity contribution in [2.45, 2.75) is 37.5 Å². The number of rotatable bonds is 8. The highest BCUT2D eigenvalue weighted by molar-refractivity contribution is 7.89. The summed E-state index contributed by atoms with van der Waals surface area (Å²) in [5.41, 5.74) is 1.54. The molecule has 1 atom stereocenters. The van der Waals surface area contributed by atoms with Crippen LogP contribution in [0.15, 0.2) is 47.4 Å². The molecule has 3 rings (SSSR count). The van der Waals surface area contributed by atoms with E-state index in [-0.39, 0.29) is 10.8 Å². The SMILES string of the molecule is COc1ccc(CCC(=O)Nc2ccc(S(=O)(=O)N3CCCC(C)C3)cc2)cc1OC. The number of aryl methyl sites for hydroxylation is 1. The van der Waals surface area contributed by atoms with Gasteiger partial charge in [-0.05, 0) is 67.1 Å². The number of benzene rings is 2. The van der Waals surface area contributed by atoms with Gasteiger partial charge in [-0.2, -0.15) is 4.31 Å². The van der Waals surface area contributed by atoms with Crippen LogP contribution in [0.3, 0.4) is 0 Å². The van der Waals surface area contributed by atoms with Gasteiger partial charge in [0.1, 0.15) is 0 Å². The Kier molecular flexibility index (Phi) is 7.56. The van der Waals surface area contributed by atoms with Crippen LogP contribution in [-0.4, -0.2) is 45.9 Å². The third kappa shape index (κ3) is 5.77. The Morgan fingerprint density at radius 3 is 2.45 bits per heavy atom. The Hall–Kier alpha value is -2.58. The lowest BCUT2D eigenvalue weighted by Crippen LogP contribution is -2.39. The minimum atomic E-state index is -3.50. The first-order chi connectivity index (χ1) is 14.8. The number of hydrogen-bond acceptors (Lipinski definition) is 5. The normalized spacial score (nSPS) is 17.2. The van der Waals surface area contributed by atoms with Crippen LogP contribution in [0.4, 0.5) is 5.69 Å². The summed E-state index contributed by atoms with van der Waals surface area (Å²) in [4.78, 5) is 12.6. The zero-order valence-electron chi connectivity index (χ0n) is 18.3. The molecule has 1 aliphatic rings. The van der Waals surface area contributed by atoms with Crippen LogP contribution in [0.2, 0.25) is 0 Å². The maximum atomic E-state index is 12.8. The van der Waals surface area contributed by atoms with Gasteiger partial charge in [-0.1, -0.05) is 13.0 Å². The van der Waals surface area contributed by atoms with Crippen molar-refractivity contribution in [3.8, 4) is 11.5 Å². The number of hydrogen-bond donors (Lipinski definition) is 1. The maximum Gasteiger partial charge on any atom is 0.243 e. The molecule has 0 radical (unpaired) electrons. The van der Waals surface area contributed by atoms with Gasteiger partial charge >= 0.3 is 0 Å². The van der Waals surface area contributed by atoms with E-state index in [0.717, 1.165) is 18.4 Å². The quantitative estimate of drug-likeness (QED) is 0.668. The molecular formula is C23H30N2O5S. The average molecular weight is 447 g/mol. The van der Waals surface area contributed by atoms with Crippen molar-refractivity contribution in [1.82, 2.24) is 4.31 Å². The second kappa shape index (κ2) is 10.2. The van der Waals surface area contributed by atoms with Crippen molar-refractivity contribution in [3.05, 3.63) is 48.0 Å². The molecule has 1 heterocycles. The fourth-order valence-electron chi connectivity index (χ4n) is 3.74. The summed E-state index contributed by atoms with van der Waals surface area (Å²) < 4.78 is 37.8. The minimum absolute atomic E-state index is 0.143. The number of anilines is 1. The topological polar surface area (TPSA) is 84.9 Å². The Bertz CT molecular complexity index is 1010. The number of ether oxygens (including phenoxy) is 2. The Labute approximate surface area is 184 Å². The molecule has 2 aromatic carbocycles. The zero-order valence-corrected chi connectivity index (χ0v) is 19.1. The molecule has 0 aliphatic carbocycles. The number of sulfonamides is 1. The largest absolute Gasteiger partial charge is 0.493 e. The summed E-state index contributed by atoms with van der Waals surface area (Å²) in [5.74, 6) is 1.49. The monoisotopic (exact) mass is 446 g/mol. The van der Waals surface area contributed by atoms with Crippen molar-refractivity contribution in [2.24, 2.45) is 5.92 Å². The molecule has 0 bridgehead atoms. The second-order valence-electron chi connectivity index (χ2n) is 7.87. The fourth-order valence-corrected chi connectivity index (χ4v) is 5.34. The first-order valence-electron chi connectivity index (χ1n) is 10.4. The standard InChI is InChI=1S/C23H30N2O5S/c1-17-5-4-14-25(16-17)31(27,28)20-10-8-19(9-11-20)24-23(26)13-7-18-6-12-21(29-2)22(15-18)30-3/h6,8-12,15,17H,4-5,7,13-14,16H2,1-3H3,(H,24,26). The van der Waals surface area contributed by atoms with E-state index in [1.165, 1.54) is 0 Å². The summed E-state index contributed by atoms with van der Waals surface area (Å²) >= 11 is 0. The molecule has 1 fully saturated rings. The summed E-state index contributed by atoms with van der Waals surface area (Å²) in [6, 6.07) is 11.9. The number of piperidine rings is 1. The van der Waals surface area contributed by atoms with Gasteiger partial charge in [0.2, 0.25) is 15.9 Å². The molecule has 8 heteroatoms. The van der Waals surface area contributed by atoms with Crippen LogP contribution in [0.5, 0.6) is 11.5 Å². The van der Waals surface area contributed by atoms with Gasteiger partial charge in [0.25, 0.3) is 0 Å². The van der Waals surface area contributed by atoms with E-state index in [0.29, 0.717) is 49.0 Å². The van der Waals surface area contributed by atoms with Gasteiger partial charge in [0.15, 0.2) is 11.5 Å². The van der Waals surface area contributed by atoms with E-state index >= 15 is 0 Å². The first-order valence-corrected chi connectivity index (χ1v) is 11.9. The number of nitrogens with zero attached hydrogens (tertiary/aromatic N) is 1. The van der Waals surface area contributed by atoms with E-state index in [2.05, 4.69) is 12.2 Å². The van der Waals surface area contributed by atoms with Gasteiger partial charge in [-0.25, -0.2) is 8.42 Å². The lowest BCUT2D eigenvalue weighted by Gasteiger charge is -2.30. The Morgan fingerprint density at radius 2 is 1.81 bits per heavy atom. The molecule has 0 aromatic heterocycles. The molecule has 1 N–H and O–H groups in total. The molecule has 168 valence electrons. The average Bonchev–Trinajstić information content (AvgIpc) is 2.77. The molecule has 1 saturated heterocycles. The van der Waals surface area contributed by atoms with Crippen LogP contribution < -0.4 is 14.8 Å². The fraction of sp³-hybridized carbons (Fsp3) is 0.435. The van der Waals surface area contributed by atoms with Crippen LogP contribution >= 0.6 is 0 Å². The Balaban J connectivity index is 1.57. The van der Waals surface area contributed by atoms with Crippen molar-refractivity contribution in [1.29, 1.82) is 0 Å². The number of nitrogens with one attached hydrogen (secondary N) is 1. The summed E-state index contributed by atoms with van der Waals surface area (Å²) in [6.45, 7) is 3.18. The number of carbonyl (C=O) groups is 1. The molecule has 1 unspecified atom stereocenters. The summed E-state index contributed by atoms with van der Waals surface area (Å²) in [5, 5.41) is 2.83. The number of methoxy groups -OCH3 is 2. The highest BCUT2D eigenvalue weighted by atomic mass is 32.2. The van der Waals surface area contributed by atoms with Gasteiger partial charge in [-0.3, -0.25) is 4.79 Å². The molecule has 1 aliphatic heterocycles. The van der Waals surface area contributed by atoms with E-state index in [1.807, 2.05) is 18.2 Å². The van der Waals surface area contributed by atoms with Crippen LogP contribution in [0, 0.1) is 5.92 Å². The predicted molar refractivity (Wildman–Crippen MR) is 120 cm³/mol. The first kappa shape index (κ1) is 23.1. The smallest absolute Gasteiger partial charge is 0.243 e. The second-order valence-corrected chi connectivity index (χ2v) is 9.81. The third-order valence-corrected chi connectivity index (χ3v) is 7.36. The summed E-state index contributed by atoms with van der Waals surface area (Å²) in [6.07, 6.45) is 2.78. The molecular weight excluding hydrogens is 416 g/mol. The van der Waals surface area contributed by atoms with Crippen molar-refractivity contribution >= 4 is 21.6 Å². The highest BCUT2D eigenvalue weighted by Crippen LogP contribution is 2.28. The molecule has 1 amide bonds. The van der Waals surface area contributed by atoms with Gasteiger partial charge in [-0.15, -0.1) is 0 Å². The van der Waals surface area contributed by atoms with Crippen molar-refractivity contribution < 1.29 is 22.7 Å². The van der Waals surface area contributed by atoms with Gasteiger partial charge < -0.3 is 14.8 Å². The highest BCUT2D eigenvalue weighted by Gasteiger charge is 2.28. The van der Waals surface area contributed by atoms with Crippen LogP contribution in [-0.2, 0) is 21.2 Å². The molecule has 31 heavy (non-hydrogen) atoms. The predicted octanol–water partition coefficient (Wildman–Crippen LogP) is 3.70. The van der Waals surface area contributed by atoms with E-state index in [9.17, 15) is 13.2 Å². The molecule has 7 nitrogen and oxygen atoms in total. The zero-order chi connectivity index (χ0) is 22.4. The summed E-state index contributed by atoms with van der Waals surface area (Å²) in [7, 11) is -0.349. The number of amides is 1. The van der Waals surface area contributed by atoms with E-state index in [4.69, 9.17) is 9.47 Å². The van der Waals surface area contributed by atoms with Gasteiger partial charge in [0, 0.05) is 25.2 Å². The van der Waals surface area contributed by atoms with Crippen LogP contribution in [0.25, 0.3) is 0 Å². The lowest BCUT2D eigenvalue weighted by atomic mass is 10.0. The van der Waals surface area contributed by atoms with Crippen molar-refractivity contribution in [2.75, 3.05) is 32.6 Å².